The molecular formula is C8H16O4. The molecule has 0 amide bonds. The number of carbonyl (C=O) groups is 1. The fourth-order valence-electron chi connectivity index (χ4n) is 0.868. The van der Waals surface area contributed by atoms with Crippen LogP contribution in [0.5, 0.6) is 0 Å². The third-order valence-electron chi connectivity index (χ3n) is 1.61. The third kappa shape index (κ3) is 7.50. The molecule has 4 nitrogen and oxygen atoms in total. The SMILES string of the molecule is CC(O)CCC(O)CCC(=O)O. The van der Waals surface area contributed by atoms with Crippen LogP contribution >= 0.6 is 0 Å². The molecule has 0 saturated carbocycles. The van der Waals surface area contributed by atoms with Crippen molar-refractivity contribution in [1.82, 2.24) is 0 Å². The fourth-order valence-corrected chi connectivity index (χ4v) is 0.868. The smallest absolute Gasteiger partial charge is 0.303 e. The monoisotopic (exact) mass is 176 g/mol. The molecule has 2 atom stereocenters. The van der Waals surface area contributed by atoms with E-state index >= 15 is 0 Å². The molecule has 0 aliphatic rings. The van der Waals surface area contributed by atoms with Gasteiger partial charge in [-0.3, -0.25) is 4.79 Å². The van der Waals surface area contributed by atoms with Gasteiger partial charge in [-0.15, -0.1) is 0 Å². The summed E-state index contributed by atoms with van der Waals surface area (Å²) in [4.78, 5) is 10.1. The molecule has 3 N–H and O–H groups in total. The predicted octanol–water partition coefficient (Wildman–Crippen LogP) is 0.373. The highest BCUT2D eigenvalue weighted by atomic mass is 16.4. The number of hydrogen-bond acceptors (Lipinski definition) is 3. The Labute approximate surface area is 71.8 Å². The van der Waals surface area contributed by atoms with Gasteiger partial charge in [0.1, 0.15) is 0 Å². The van der Waals surface area contributed by atoms with Gasteiger partial charge in [0.2, 0.25) is 0 Å². The van der Waals surface area contributed by atoms with Gasteiger partial charge in [0, 0.05) is 6.42 Å². The number of carboxylic acid groups (broad SMARTS) is 1. The lowest BCUT2D eigenvalue weighted by Crippen LogP contribution is -2.12. The van der Waals surface area contributed by atoms with Crippen LogP contribution in [0, 0.1) is 0 Å². The van der Waals surface area contributed by atoms with Crippen molar-refractivity contribution in [3.05, 3.63) is 0 Å². The zero-order valence-electron chi connectivity index (χ0n) is 7.23. The lowest BCUT2D eigenvalue weighted by Gasteiger charge is -2.09. The van der Waals surface area contributed by atoms with Crippen LogP contribution in [-0.2, 0) is 4.79 Å². The van der Waals surface area contributed by atoms with E-state index in [2.05, 4.69) is 0 Å². The summed E-state index contributed by atoms with van der Waals surface area (Å²) in [5.74, 6) is -0.897. The Kier molecular flexibility index (Phi) is 5.66. The molecule has 0 aliphatic heterocycles. The maximum absolute atomic E-state index is 10.1. The average Bonchev–Trinajstić information content (AvgIpc) is 1.96. The number of rotatable bonds is 6. The molecule has 0 bridgehead atoms. The number of aliphatic carboxylic acids is 1. The van der Waals surface area contributed by atoms with Gasteiger partial charge in [0.15, 0.2) is 0 Å². The van der Waals surface area contributed by atoms with E-state index < -0.39 is 18.2 Å². The highest BCUT2D eigenvalue weighted by Crippen LogP contribution is 2.06. The second kappa shape index (κ2) is 5.97. The van der Waals surface area contributed by atoms with Crippen LogP contribution in [0.2, 0.25) is 0 Å². The lowest BCUT2D eigenvalue weighted by atomic mass is 10.1. The molecule has 72 valence electrons. The highest BCUT2D eigenvalue weighted by molar-refractivity contribution is 5.66. The number of hydrogen-bond donors (Lipinski definition) is 3. The number of carboxylic acids is 1. The predicted molar refractivity (Wildman–Crippen MR) is 43.8 cm³/mol. The van der Waals surface area contributed by atoms with Crippen LogP contribution < -0.4 is 0 Å². The fraction of sp³-hybridized carbons (Fsp3) is 0.875. The van der Waals surface area contributed by atoms with Crippen molar-refractivity contribution in [1.29, 1.82) is 0 Å². The average molecular weight is 176 g/mol. The first kappa shape index (κ1) is 11.4. The van der Waals surface area contributed by atoms with Crippen molar-refractivity contribution in [2.75, 3.05) is 0 Å². The molecule has 0 aliphatic carbocycles. The van der Waals surface area contributed by atoms with Crippen LogP contribution in [0.4, 0.5) is 0 Å². The quantitative estimate of drug-likeness (QED) is 0.546. The van der Waals surface area contributed by atoms with Crippen LogP contribution in [0.25, 0.3) is 0 Å². The van der Waals surface area contributed by atoms with E-state index in [1.165, 1.54) is 0 Å². The molecule has 0 radical (unpaired) electrons. The van der Waals surface area contributed by atoms with E-state index in [-0.39, 0.29) is 12.8 Å². The van der Waals surface area contributed by atoms with Gasteiger partial charge >= 0.3 is 5.97 Å². The molecule has 0 aromatic rings. The normalized spacial score (nSPS) is 15.6. The molecule has 12 heavy (non-hydrogen) atoms. The maximum atomic E-state index is 10.1. The third-order valence-corrected chi connectivity index (χ3v) is 1.61. The maximum Gasteiger partial charge on any atom is 0.303 e. The standard InChI is InChI=1S/C8H16O4/c1-6(9)2-3-7(10)4-5-8(11)12/h6-7,9-10H,2-5H2,1H3,(H,11,12). The van der Waals surface area contributed by atoms with E-state index in [1.807, 2.05) is 0 Å². The summed E-state index contributed by atoms with van der Waals surface area (Å²) in [5.41, 5.74) is 0. The minimum atomic E-state index is -0.897. The Bertz CT molecular complexity index is 133. The molecule has 0 rings (SSSR count). The first-order valence-electron chi connectivity index (χ1n) is 4.10. The second-order valence-electron chi connectivity index (χ2n) is 3.01. The summed E-state index contributed by atoms with van der Waals surface area (Å²) in [6.45, 7) is 1.64. The Balaban J connectivity index is 3.33. The molecule has 0 aromatic carbocycles. The lowest BCUT2D eigenvalue weighted by molar-refractivity contribution is -0.137. The van der Waals surface area contributed by atoms with Crippen molar-refractivity contribution in [2.45, 2.75) is 44.8 Å². The summed E-state index contributed by atoms with van der Waals surface area (Å²) in [7, 11) is 0. The Morgan fingerprint density at radius 1 is 1.25 bits per heavy atom. The summed E-state index contributed by atoms with van der Waals surface area (Å²) < 4.78 is 0. The van der Waals surface area contributed by atoms with Gasteiger partial charge in [-0.05, 0) is 26.2 Å². The van der Waals surface area contributed by atoms with Crippen molar-refractivity contribution in [3.63, 3.8) is 0 Å². The summed E-state index contributed by atoms with van der Waals surface area (Å²) in [5, 5.41) is 26.3. The second-order valence-corrected chi connectivity index (χ2v) is 3.01. The van der Waals surface area contributed by atoms with E-state index in [9.17, 15) is 9.90 Å². The van der Waals surface area contributed by atoms with E-state index in [0.717, 1.165) is 0 Å². The zero-order chi connectivity index (χ0) is 9.56. The first-order valence-corrected chi connectivity index (χ1v) is 4.10. The molecule has 0 saturated heterocycles. The van der Waals surface area contributed by atoms with Gasteiger partial charge in [-0.25, -0.2) is 0 Å². The molecular weight excluding hydrogens is 160 g/mol. The van der Waals surface area contributed by atoms with Crippen molar-refractivity contribution in [2.24, 2.45) is 0 Å². The van der Waals surface area contributed by atoms with Crippen LogP contribution in [0.15, 0.2) is 0 Å². The van der Waals surface area contributed by atoms with Gasteiger partial charge < -0.3 is 15.3 Å². The molecule has 4 heteroatoms. The minimum absolute atomic E-state index is 0.0129. The number of aliphatic hydroxyl groups is 2. The first-order chi connectivity index (χ1) is 5.52. The van der Waals surface area contributed by atoms with Crippen LogP contribution in [-0.4, -0.2) is 33.5 Å². The Morgan fingerprint density at radius 3 is 2.25 bits per heavy atom. The van der Waals surface area contributed by atoms with Crippen molar-refractivity contribution < 1.29 is 20.1 Å². The largest absolute Gasteiger partial charge is 0.481 e. The topological polar surface area (TPSA) is 77.8 Å². The van der Waals surface area contributed by atoms with E-state index in [0.29, 0.717) is 12.8 Å². The van der Waals surface area contributed by atoms with Gasteiger partial charge in [-0.1, -0.05) is 0 Å². The summed E-state index contributed by atoms with van der Waals surface area (Å²) in [6.07, 6.45) is 0.203. The van der Waals surface area contributed by atoms with Crippen molar-refractivity contribution >= 4 is 5.97 Å². The minimum Gasteiger partial charge on any atom is -0.481 e. The molecule has 0 fully saturated rings. The highest BCUT2D eigenvalue weighted by Gasteiger charge is 2.08. The zero-order valence-corrected chi connectivity index (χ0v) is 7.23. The van der Waals surface area contributed by atoms with Crippen LogP contribution in [0.3, 0.4) is 0 Å². The van der Waals surface area contributed by atoms with Gasteiger partial charge in [0.05, 0.1) is 12.2 Å². The van der Waals surface area contributed by atoms with Gasteiger partial charge in [-0.2, -0.15) is 0 Å². The molecule has 2 unspecified atom stereocenters. The van der Waals surface area contributed by atoms with Gasteiger partial charge in [0.25, 0.3) is 0 Å². The molecule has 0 aromatic heterocycles. The van der Waals surface area contributed by atoms with Crippen molar-refractivity contribution in [3.8, 4) is 0 Å². The Morgan fingerprint density at radius 2 is 1.83 bits per heavy atom. The van der Waals surface area contributed by atoms with Crippen LogP contribution in [0.1, 0.15) is 32.6 Å². The van der Waals surface area contributed by atoms with E-state index in [1.54, 1.807) is 6.92 Å². The number of aliphatic hydroxyl groups excluding tert-OH is 2. The summed E-state index contributed by atoms with van der Waals surface area (Å²) in [6, 6.07) is 0. The molecule has 0 heterocycles. The Hall–Kier alpha value is -0.610. The molecule has 0 spiro atoms. The summed E-state index contributed by atoms with van der Waals surface area (Å²) >= 11 is 0. The van der Waals surface area contributed by atoms with E-state index in [4.69, 9.17) is 10.2 Å².